The van der Waals surface area contributed by atoms with E-state index in [0.717, 1.165) is 24.3 Å². The fraction of sp³-hybridized carbons (Fsp3) is 0.684. The van der Waals surface area contributed by atoms with Crippen LogP contribution in [0.15, 0.2) is 18.2 Å². The van der Waals surface area contributed by atoms with Gasteiger partial charge in [-0.25, -0.2) is 0 Å². The molecule has 0 radical (unpaired) electrons. The smallest absolute Gasteiger partial charge is 0.0210 e. The van der Waals surface area contributed by atoms with Gasteiger partial charge in [0, 0.05) is 12.1 Å². The lowest BCUT2D eigenvalue weighted by Gasteiger charge is -2.57. The number of nitrogens with one attached hydrogen (secondary N) is 1. The van der Waals surface area contributed by atoms with Gasteiger partial charge in [0.05, 0.1) is 0 Å². The highest BCUT2D eigenvalue weighted by atomic mass is 15.0. The predicted octanol–water partition coefficient (Wildman–Crippen LogP) is 4.36. The summed E-state index contributed by atoms with van der Waals surface area (Å²) >= 11 is 0. The van der Waals surface area contributed by atoms with Gasteiger partial charge in [-0.1, -0.05) is 29.3 Å². The minimum absolute atomic E-state index is 0.492. The van der Waals surface area contributed by atoms with E-state index in [-0.39, 0.29) is 0 Å². The largest absolute Gasteiger partial charge is 0.307 e. The normalized spacial score (nSPS) is 38.4. The minimum atomic E-state index is 0.492. The molecule has 1 N–H and O–H groups in total. The Labute approximate surface area is 123 Å². The van der Waals surface area contributed by atoms with Crippen molar-refractivity contribution in [2.75, 3.05) is 0 Å². The molecule has 1 aromatic carbocycles. The van der Waals surface area contributed by atoms with E-state index in [0.29, 0.717) is 5.54 Å². The van der Waals surface area contributed by atoms with Crippen LogP contribution in [0.3, 0.4) is 0 Å². The Hall–Kier alpha value is -0.820. The molecule has 4 aliphatic carbocycles. The molecule has 108 valence electrons. The SMILES string of the molecule is Cc1cc(C)cc(CNC23CC4CC(CC(C4)C2)C3)c1. The van der Waals surface area contributed by atoms with Crippen molar-refractivity contribution in [3.63, 3.8) is 0 Å². The molecule has 20 heavy (non-hydrogen) atoms. The second-order valence-corrected chi connectivity index (χ2v) is 8.05. The van der Waals surface area contributed by atoms with Crippen molar-refractivity contribution in [3.8, 4) is 0 Å². The molecule has 0 amide bonds. The minimum Gasteiger partial charge on any atom is -0.307 e. The van der Waals surface area contributed by atoms with E-state index in [4.69, 9.17) is 0 Å². The number of hydrogen-bond donors (Lipinski definition) is 1. The van der Waals surface area contributed by atoms with Gasteiger partial charge >= 0.3 is 0 Å². The Morgan fingerprint density at radius 2 is 1.40 bits per heavy atom. The third-order valence-corrected chi connectivity index (χ3v) is 5.99. The summed E-state index contributed by atoms with van der Waals surface area (Å²) in [5.41, 5.74) is 4.75. The van der Waals surface area contributed by atoms with Crippen LogP contribution in [-0.4, -0.2) is 5.54 Å². The summed E-state index contributed by atoms with van der Waals surface area (Å²) < 4.78 is 0. The highest BCUT2D eigenvalue weighted by molar-refractivity contribution is 5.28. The van der Waals surface area contributed by atoms with Crippen molar-refractivity contribution in [3.05, 3.63) is 34.9 Å². The Kier molecular flexibility index (Phi) is 2.96. The number of aryl methyl sites for hydroxylation is 2. The van der Waals surface area contributed by atoms with E-state index in [1.54, 1.807) is 0 Å². The Balaban J connectivity index is 1.49. The average Bonchev–Trinajstić information content (AvgIpc) is 2.34. The maximum absolute atomic E-state index is 4.00. The zero-order valence-corrected chi connectivity index (χ0v) is 12.9. The maximum Gasteiger partial charge on any atom is 0.0210 e. The lowest BCUT2D eigenvalue weighted by atomic mass is 9.53. The van der Waals surface area contributed by atoms with Gasteiger partial charge in [-0.15, -0.1) is 0 Å². The van der Waals surface area contributed by atoms with Crippen molar-refractivity contribution in [2.24, 2.45) is 17.8 Å². The summed E-state index contributed by atoms with van der Waals surface area (Å²) in [6.07, 6.45) is 8.94. The Morgan fingerprint density at radius 3 is 1.90 bits per heavy atom. The zero-order chi connectivity index (χ0) is 13.7. The molecule has 0 saturated heterocycles. The second kappa shape index (κ2) is 4.59. The van der Waals surface area contributed by atoms with Crippen LogP contribution >= 0.6 is 0 Å². The number of rotatable bonds is 3. The molecule has 0 aliphatic heterocycles. The number of hydrogen-bond acceptors (Lipinski definition) is 1. The van der Waals surface area contributed by atoms with Crippen molar-refractivity contribution >= 4 is 0 Å². The van der Waals surface area contributed by atoms with Crippen LogP contribution in [-0.2, 0) is 6.54 Å². The van der Waals surface area contributed by atoms with Gasteiger partial charge in [0.15, 0.2) is 0 Å². The van der Waals surface area contributed by atoms with Crippen molar-refractivity contribution < 1.29 is 0 Å². The van der Waals surface area contributed by atoms with E-state index in [9.17, 15) is 0 Å². The highest BCUT2D eigenvalue weighted by Gasteiger charge is 2.50. The van der Waals surface area contributed by atoms with Crippen LogP contribution in [0.25, 0.3) is 0 Å². The quantitative estimate of drug-likeness (QED) is 0.859. The predicted molar refractivity (Wildman–Crippen MR) is 83.7 cm³/mol. The molecule has 0 aromatic heterocycles. The van der Waals surface area contributed by atoms with Crippen LogP contribution in [0, 0.1) is 31.6 Å². The van der Waals surface area contributed by atoms with E-state index in [1.165, 1.54) is 55.2 Å². The van der Waals surface area contributed by atoms with Gasteiger partial charge in [0.1, 0.15) is 0 Å². The molecule has 1 nitrogen and oxygen atoms in total. The molecule has 1 heteroatoms. The summed E-state index contributed by atoms with van der Waals surface area (Å²) in [4.78, 5) is 0. The van der Waals surface area contributed by atoms with Crippen LogP contribution in [0.1, 0.15) is 55.2 Å². The van der Waals surface area contributed by atoms with E-state index < -0.39 is 0 Å². The topological polar surface area (TPSA) is 12.0 Å². The molecule has 4 saturated carbocycles. The summed E-state index contributed by atoms with van der Waals surface area (Å²) in [6, 6.07) is 6.97. The monoisotopic (exact) mass is 269 g/mol. The third-order valence-electron chi connectivity index (χ3n) is 5.99. The van der Waals surface area contributed by atoms with Gasteiger partial charge in [-0.05, 0) is 75.7 Å². The van der Waals surface area contributed by atoms with Crippen LogP contribution in [0.5, 0.6) is 0 Å². The zero-order valence-electron chi connectivity index (χ0n) is 12.9. The summed E-state index contributed by atoms with van der Waals surface area (Å²) in [7, 11) is 0. The summed E-state index contributed by atoms with van der Waals surface area (Å²) in [6.45, 7) is 5.48. The van der Waals surface area contributed by atoms with E-state index >= 15 is 0 Å². The first-order chi connectivity index (χ1) is 9.60. The Morgan fingerprint density at radius 1 is 0.900 bits per heavy atom. The van der Waals surface area contributed by atoms with Crippen LogP contribution in [0.2, 0.25) is 0 Å². The first-order valence-electron chi connectivity index (χ1n) is 8.42. The van der Waals surface area contributed by atoms with Gasteiger partial charge in [0.2, 0.25) is 0 Å². The van der Waals surface area contributed by atoms with Crippen molar-refractivity contribution in [2.45, 2.75) is 64.5 Å². The fourth-order valence-electron chi connectivity index (χ4n) is 5.79. The lowest BCUT2D eigenvalue weighted by Crippen LogP contribution is -2.58. The number of benzene rings is 1. The molecular weight excluding hydrogens is 242 g/mol. The standard InChI is InChI=1S/C19H27N/c1-13-3-14(2)5-18(4-13)12-20-19-9-15-6-16(10-19)8-17(7-15)11-19/h3-5,15-17,20H,6-12H2,1-2H3. The van der Waals surface area contributed by atoms with Crippen molar-refractivity contribution in [1.29, 1.82) is 0 Å². The van der Waals surface area contributed by atoms with Crippen LogP contribution in [0.4, 0.5) is 0 Å². The van der Waals surface area contributed by atoms with Gasteiger partial charge in [-0.3, -0.25) is 0 Å². The molecular formula is C19H27N. The highest BCUT2D eigenvalue weighted by Crippen LogP contribution is 2.55. The van der Waals surface area contributed by atoms with Crippen LogP contribution < -0.4 is 5.32 Å². The molecule has 4 fully saturated rings. The first kappa shape index (κ1) is 12.9. The molecule has 0 heterocycles. The fourth-order valence-corrected chi connectivity index (χ4v) is 5.79. The van der Waals surface area contributed by atoms with Gasteiger partial charge in [0.25, 0.3) is 0 Å². The first-order valence-corrected chi connectivity index (χ1v) is 8.42. The van der Waals surface area contributed by atoms with Gasteiger partial charge < -0.3 is 5.32 Å². The molecule has 0 spiro atoms. The molecule has 4 aliphatic rings. The molecule has 1 aromatic rings. The molecule has 5 rings (SSSR count). The molecule has 0 unspecified atom stereocenters. The van der Waals surface area contributed by atoms with Gasteiger partial charge in [-0.2, -0.15) is 0 Å². The molecule has 4 bridgehead atoms. The summed E-state index contributed by atoms with van der Waals surface area (Å²) in [5.74, 6) is 3.11. The average molecular weight is 269 g/mol. The molecule has 0 atom stereocenters. The van der Waals surface area contributed by atoms with E-state index in [2.05, 4.69) is 37.4 Å². The summed E-state index contributed by atoms with van der Waals surface area (Å²) in [5, 5.41) is 4.00. The lowest BCUT2D eigenvalue weighted by molar-refractivity contribution is -0.0206. The maximum atomic E-state index is 4.00. The van der Waals surface area contributed by atoms with E-state index in [1.807, 2.05) is 0 Å². The second-order valence-electron chi connectivity index (χ2n) is 8.05. The van der Waals surface area contributed by atoms with Crippen molar-refractivity contribution in [1.82, 2.24) is 5.32 Å². The third kappa shape index (κ3) is 2.30. The Bertz CT molecular complexity index is 461.